The Balaban J connectivity index is 1.04. The van der Waals surface area contributed by atoms with Crippen molar-refractivity contribution in [3.8, 4) is 28.3 Å². The number of nitrogens with zero attached hydrogens (tertiary/aromatic N) is 4. The molecule has 6 heterocycles. The van der Waals surface area contributed by atoms with Crippen LogP contribution in [0.3, 0.4) is 0 Å². The zero-order valence-electron chi connectivity index (χ0n) is 35.3. The Morgan fingerprint density at radius 1 is 1.10 bits per heavy atom. The molecule has 0 spiro atoms. The van der Waals surface area contributed by atoms with Crippen LogP contribution in [-0.2, 0) is 9.53 Å². The number of nitrogens with one attached hydrogen (secondary N) is 4. The normalized spacial score (nSPS) is 22.3. The van der Waals surface area contributed by atoms with Crippen LogP contribution in [0.5, 0.6) is 5.75 Å². The smallest absolute Gasteiger partial charge is 0.407 e. The van der Waals surface area contributed by atoms with Gasteiger partial charge >= 0.3 is 6.09 Å². The molecule has 7 N–H and O–H groups in total. The van der Waals surface area contributed by atoms with Crippen molar-refractivity contribution in [1.29, 1.82) is 0 Å². The Hall–Kier alpha value is -5.38. The van der Waals surface area contributed by atoms with Crippen molar-refractivity contribution in [2.75, 3.05) is 20.2 Å². The summed E-state index contributed by atoms with van der Waals surface area (Å²) in [5.41, 5.74) is 11.4. The summed E-state index contributed by atoms with van der Waals surface area (Å²) in [6, 6.07) is 10.3. The third-order valence-electron chi connectivity index (χ3n) is 12.5. The highest BCUT2D eigenvalue weighted by atomic mass is 19.1. The second-order valence-corrected chi connectivity index (χ2v) is 17.2. The molecular formula is C45H58FN9O5. The monoisotopic (exact) mass is 823 g/mol. The number of nitrogens with two attached hydrogens (primary N) is 1. The summed E-state index contributed by atoms with van der Waals surface area (Å²) < 4.78 is 30.4. The van der Waals surface area contributed by atoms with Crippen molar-refractivity contribution in [1.82, 2.24) is 40.3 Å². The number of aromatic nitrogens is 3. The molecule has 2 saturated heterocycles. The Labute approximate surface area is 350 Å². The number of H-pyrrole nitrogens is 1. The number of fused-ring (bicyclic) bond motifs is 5. The molecule has 4 aliphatic heterocycles. The number of alkyl carbamates (subject to hydrolysis) is 1. The maximum atomic E-state index is 16.9. The summed E-state index contributed by atoms with van der Waals surface area (Å²) >= 11 is 0. The van der Waals surface area contributed by atoms with Crippen LogP contribution < -0.4 is 26.4 Å². The van der Waals surface area contributed by atoms with Gasteiger partial charge in [-0.1, -0.05) is 53.2 Å². The minimum Gasteiger partial charge on any atom is -0.469 e. The van der Waals surface area contributed by atoms with E-state index in [1.807, 2.05) is 84.7 Å². The molecule has 0 aliphatic carbocycles. The molecule has 2 amide bonds. The number of carbonyl (C=O) groups excluding carboxylic acids is 2. The van der Waals surface area contributed by atoms with E-state index in [-0.39, 0.29) is 35.6 Å². The lowest BCUT2D eigenvalue weighted by molar-refractivity contribution is -0.133. The SMILES string of the molecule is CCCC1Oc2cc(C3=CNC(=CC4CCCN4C(=O)C(N)C(C)C)N3)ccc2-c2c(F)c3cc(-c4cnc(C5CCCN5C(O)C(NC(=O)OC)C(C)C)[nH]4)ccc3n21. The number of benzene rings is 2. The first-order valence-corrected chi connectivity index (χ1v) is 21.4. The van der Waals surface area contributed by atoms with Crippen LogP contribution in [0.15, 0.2) is 60.7 Å². The highest BCUT2D eigenvalue weighted by Crippen LogP contribution is 2.47. The Kier molecular flexibility index (Phi) is 11.7. The van der Waals surface area contributed by atoms with Crippen molar-refractivity contribution in [3.63, 3.8) is 0 Å². The molecule has 6 unspecified atom stereocenters. The lowest BCUT2D eigenvalue weighted by atomic mass is 10.0. The van der Waals surface area contributed by atoms with E-state index in [1.165, 1.54) is 7.11 Å². The van der Waals surface area contributed by atoms with Crippen LogP contribution in [0.2, 0.25) is 0 Å². The number of aliphatic hydroxyl groups excluding tert-OH is 1. The molecular weight excluding hydrogens is 766 g/mol. The van der Waals surface area contributed by atoms with Crippen LogP contribution >= 0.6 is 0 Å². The van der Waals surface area contributed by atoms with Gasteiger partial charge in [0.15, 0.2) is 12.0 Å². The fourth-order valence-electron chi connectivity index (χ4n) is 9.17. The molecule has 320 valence electrons. The molecule has 2 fully saturated rings. The van der Waals surface area contributed by atoms with Crippen LogP contribution in [0.4, 0.5) is 9.18 Å². The average Bonchev–Trinajstić information content (AvgIpc) is 4.10. The Bertz CT molecular complexity index is 2320. The number of aromatic amines is 1. The van der Waals surface area contributed by atoms with E-state index in [9.17, 15) is 14.7 Å². The van der Waals surface area contributed by atoms with Gasteiger partial charge in [0.1, 0.15) is 23.6 Å². The molecule has 4 aromatic rings. The van der Waals surface area contributed by atoms with E-state index in [2.05, 4.69) is 33.9 Å². The van der Waals surface area contributed by atoms with E-state index in [0.717, 1.165) is 66.0 Å². The minimum atomic E-state index is -0.946. The zero-order chi connectivity index (χ0) is 42.4. The molecule has 2 aromatic heterocycles. The topological polar surface area (TPSA) is 175 Å². The maximum Gasteiger partial charge on any atom is 0.407 e. The average molecular weight is 824 g/mol. The van der Waals surface area contributed by atoms with Gasteiger partial charge in [-0.3, -0.25) is 9.69 Å². The fraction of sp³-hybridized carbons (Fsp3) is 0.489. The van der Waals surface area contributed by atoms with Crippen molar-refractivity contribution >= 4 is 28.6 Å². The molecule has 15 heteroatoms. The van der Waals surface area contributed by atoms with Crippen molar-refractivity contribution in [3.05, 3.63) is 77.9 Å². The Morgan fingerprint density at radius 2 is 1.88 bits per heavy atom. The second-order valence-electron chi connectivity index (χ2n) is 17.2. The van der Waals surface area contributed by atoms with Crippen LogP contribution in [0.25, 0.3) is 39.1 Å². The number of methoxy groups -OCH3 is 1. The van der Waals surface area contributed by atoms with Gasteiger partial charge < -0.3 is 50.7 Å². The first-order valence-electron chi connectivity index (χ1n) is 21.4. The maximum absolute atomic E-state index is 16.9. The summed E-state index contributed by atoms with van der Waals surface area (Å²) in [5, 5.41) is 21.5. The standard InChI is InChI=1S/C45H58FN9O5/c1-7-10-37-55-33-16-14-26(32-23-49-42(51-32)34-12-9-18-54(34)44(57)40(25(4)5)52-45(58)59-6)19-30(33)38(46)41(55)29-15-13-27(20-35(29)60-37)31-22-48-36(50-31)21-28-11-8-17-53(28)43(56)39(47)24(2)3/h13-16,19-25,28,34,37,39-40,44,48,50,57H,7-12,17-18,47H2,1-6H3,(H,49,51)(H,52,58). The fourth-order valence-corrected chi connectivity index (χ4v) is 9.17. The number of likely N-dealkylation sites (tertiary alicyclic amines) is 2. The van der Waals surface area contributed by atoms with Crippen molar-refractivity contribution < 1.29 is 28.6 Å². The van der Waals surface area contributed by atoms with Crippen LogP contribution in [0, 0.1) is 17.7 Å². The van der Waals surface area contributed by atoms with Gasteiger partial charge in [0, 0.05) is 47.8 Å². The molecule has 6 atom stereocenters. The first-order chi connectivity index (χ1) is 28.9. The first kappa shape index (κ1) is 41.4. The van der Waals surface area contributed by atoms with Gasteiger partial charge in [0.05, 0.1) is 60.1 Å². The Morgan fingerprint density at radius 3 is 2.63 bits per heavy atom. The number of imidazole rings is 1. The number of rotatable bonds is 12. The largest absolute Gasteiger partial charge is 0.469 e. The van der Waals surface area contributed by atoms with Gasteiger partial charge in [-0.15, -0.1) is 0 Å². The van der Waals surface area contributed by atoms with Crippen LogP contribution in [-0.4, -0.2) is 86.0 Å². The number of carbonyl (C=O) groups is 2. The summed E-state index contributed by atoms with van der Waals surface area (Å²) in [7, 11) is 1.31. The number of halogens is 1. The number of ether oxygens (including phenoxy) is 2. The van der Waals surface area contributed by atoms with E-state index in [4.69, 9.17) is 20.2 Å². The van der Waals surface area contributed by atoms with Gasteiger partial charge in [-0.05, 0) is 67.9 Å². The molecule has 60 heavy (non-hydrogen) atoms. The molecule has 4 aliphatic rings. The van der Waals surface area contributed by atoms with E-state index in [0.29, 0.717) is 47.7 Å². The second kappa shape index (κ2) is 16.9. The number of aliphatic hydroxyl groups is 1. The van der Waals surface area contributed by atoms with E-state index < -0.39 is 30.6 Å². The number of amides is 2. The van der Waals surface area contributed by atoms with Crippen molar-refractivity contribution in [2.24, 2.45) is 17.6 Å². The lowest BCUT2D eigenvalue weighted by Crippen LogP contribution is -2.54. The summed E-state index contributed by atoms with van der Waals surface area (Å²) in [5.74, 6) is 1.80. The van der Waals surface area contributed by atoms with Crippen molar-refractivity contribution in [2.45, 2.75) is 110 Å². The predicted molar refractivity (Wildman–Crippen MR) is 228 cm³/mol. The zero-order valence-corrected chi connectivity index (χ0v) is 35.3. The number of hydrogen-bond donors (Lipinski definition) is 6. The number of hydrogen-bond acceptors (Lipinski definition) is 10. The molecule has 14 nitrogen and oxygen atoms in total. The molecule has 8 rings (SSSR count). The molecule has 2 aromatic carbocycles. The lowest BCUT2D eigenvalue weighted by Gasteiger charge is -2.35. The highest BCUT2D eigenvalue weighted by molar-refractivity contribution is 5.93. The van der Waals surface area contributed by atoms with Gasteiger partial charge in [-0.2, -0.15) is 0 Å². The predicted octanol–water partition coefficient (Wildman–Crippen LogP) is 6.67. The third-order valence-corrected chi connectivity index (χ3v) is 12.5. The molecule has 0 radical (unpaired) electrons. The summed E-state index contributed by atoms with van der Waals surface area (Å²) in [4.78, 5) is 37.2. The quantitative estimate of drug-likeness (QED) is 0.0906. The van der Waals surface area contributed by atoms with E-state index in [1.54, 1.807) is 6.20 Å². The summed E-state index contributed by atoms with van der Waals surface area (Å²) in [6.45, 7) is 11.3. The molecule has 0 bridgehead atoms. The highest BCUT2D eigenvalue weighted by Gasteiger charge is 2.39. The minimum absolute atomic E-state index is 0.0167. The van der Waals surface area contributed by atoms with Gasteiger partial charge in [-0.25, -0.2) is 14.2 Å². The molecule has 0 saturated carbocycles. The van der Waals surface area contributed by atoms with E-state index >= 15 is 4.39 Å². The van der Waals surface area contributed by atoms with Gasteiger partial charge in [0.25, 0.3) is 0 Å². The summed E-state index contributed by atoms with van der Waals surface area (Å²) in [6.07, 6.45) is 8.74. The van der Waals surface area contributed by atoms with Crippen LogP contribution in [0.1, 0.15) is 96.8 Å². The van der Waals surface area contributed by atoms with Gasteiger partial charge in [0.2, 0.25) is 5.91 Å². The third kappa shape index (κ3) is 7.62.